The molecule has 0 saturated heterocycles. The molecule has 1 aliphatic carbocycles. The Hall–Kier alpha value is -3.07. The number of hydrogen-bond acceptors (Lipinski definition) is 5. The molecule has 0 spiro atoms. The van der Waals surface area contributed by atoms with Crippen molar-refractivity contribution >= 4 is 34.3 Å². The maximum absolute atomic E-state index is 14.0. The van der Waals surface area contributed by atoms with E-state index in [0.717, 1.165) is 31.2 Å². The molecule has 1 aromatic heterocycles. The topological polar surface area (TPSA) is 95.9 Å². The summed E-state index contributed by atoms with van der Waals surface area (Å²) in [4.78, 5) is 43.5. The van der Waals surface area contributed by atoms with E-state index >= 15 is 0 Å². The molecule has 1 aliphatic heterocycles. The summed E-state index contributed by atoms with van der Waals surface area (Å²) >= 11 is 0. The molecule has 0 bridgehead atoms. The van der Waals surface area contributed by atoms with Gasteiger partial charge in [0.2, 0.25) is 11.8 Å². The molecule has 2 N–H and O–H groups in total. The van der Waals surface area contributed by atoms with Crippen molar-refractivity contribution in [3.05, 3.63) is 23.9 Å². The van der Waals surface area contributed by atoms with Crippen LogP contribution in [-0.2, 0) is 16.1 Å². The summed E-state index contributed by atoms with van der Waals surface area (Å²) in [5.74, 6) is -0.0385. The lowest BCUT2D eigenvalue weighted by molar-refractivity contribution is -0.133. The van der Waals surface area contributed by atoms with E-state index in [1.807, 2.05) is 48.7 Å². The summed E-state index contributed by atoms with van der Waals surface area (Å²) in [5.41, 5.74) is 0.560. The van der Waals surface area contributed by atoms with E-state index in [1.54, 1.807) is 12.0 Å². The Morgan fingerprint density at radius 2 is 1.94 bits per heavy atom. The lowest BCUT2D eigenvalue weighted by Crippen LogP contribution is -2.65. The lowest BCUT2D eigenvalue weighted by atomic mass is 9.93. The van der Waals surface area contributed by atoms with Gasteiger partial charge in [-0.1, -0.05) is 12.8 Å². The van der Waals surface area contributed by atoms with Crippen molar-refractivity contribution in [3.8, 4) is 5.75 Å². The number of likely N-dealkylation sites (N-methyl/N-ethyl adjacent to an activating group) is 1. The van der Waals surface area contributed by atoms with Crippen LogP contribution in [0.1, 0.15) is 50.0 Å². The Morgan fingerprint density at radius 3 is 2.56 bits per heavy atom. The van der Waals surface area contributed by atoms with Gasteiger partial charge in [-0.15, -0.1) is 0 Å². The minimum atomic E-state index is -1.07. The monoisotopic (exact) mass is 469 g/mol. The van der Waals surface area contributed by atoms with Crippen LogP contribution in [0.15, 0.2) is 18.2 Å². The molecule has 3 amide bonds. The van der Waals surface area contributed by atoms with Gasteiger partial charge in [0, 0.05) is 31.4 Å². The highest BCUT2D eigenvalue weighted by Gasteiger charge is 2.49. The molecule has 1 fully saturated rings. The summed E-state index contributed by atoms with van der Waals surface area (Å²) in [6, 6.07) is 5.67. The highest BCUT2D eigenvalue weighted by atomic mass is 16.5. The average Bonchev–Trinajstić information content (AvgIpc) is 3.39. The Balaban J connectivity index is 1.85. The van der Waals surface area contributed by atoms with Crippen molar-refractivity contribution in [2.45, 2.75) is 57.7 Å². The molecule has 0 radical (unpaired) electrons. The fourth-order valence-corrected chi connectivity index (χ4v) is 5.15. The molecule has 4 rings (SSSR count). The average molecular weight is 470 g/mol. The van der Waals surface area contributed by atoms with Crippen molar-refractivity contribution in [3.63, 3.8) is 0 Å². The van der Waals surface area contributed by atoms with Crippen LogP contribution in [-0.4, -0.2) is 78.0 Å². The highest BCUT2D eigenvalue weighted by Crippen LogP contribution is 2.40. The molecule has 1 unspecified atom stereocenters. The summed E-state index contributed by atoms with van der Waals surface area (Å²) in [7, 11) is 5.46. The predicted octanol–water partition coefficient (Wildman–Crippen LogP) is 2.44. The van der Waals surface area contributed by atoms with Crippen LogP contribution in [0.25, 0.3) is 10.9 Å². The van der Waals surface area contributed by atoms with Crippen LogP contribution in [0.4, 0.5) is 5.69 Å². The molecule has 2 aromatic rings. The van der Waals surface area contributed by atoms with Gasteiger partial charge in [0.25, 0.3) is 5.91 Å². The summed E-state index contributed by atoms with van der Waals surface area (Å²) < 4.78 is 7.27. The molecule has 2 aliphatic rings. The minimum Gasteiger partial charge on any atom is -0.497 e. The second-order valence-corrected chi connectivity index (χ2v) is 9.86. The third kappa shape index (κ3) is 4.24. The van der Waals surface area contributed by atoms with E-state index in [9.17, 15) is 14.4 Å². The number of fused-ring (bicyclic) bond motifs is 3. The Labute approximate surface area is 200 Å². The second kappa shape index (κ2) is 9.29. The van der Waals surface area contributed by atoms with Gasteiger partial charge in [0.05, 0.1) is 24.9 Å². The number of benzene rings is 1. The molecule has 9 heteroatoms. The normalized spacial score (nSPS) is 20.6. The number of hydrogen-bond donors (Lipinski definition) is 2. The maximum Gasteiger partial charge on any atom is 0.273 e. The molecule has 184 valence electrons. The standard InChI is InChI=1S/C25H35N5O4/c1-16(31)26-21-19-14-18(34-5)10-11-20(19)29-15-25(2,24(33)27-17-8-6-7-9-17)30(13-12-28(3)4)23(32)22(21)29/h10-11,14,17H,6-9,12-13,15H2,1-5H3,(H,26,31)(H,27,33). The number of nitrogens with one attached hydrogen (secondary N) is 2. The van der Waals surface area contributed by atoms with Gasteiger partial charge in [-0.3, -0.25) is 14.4 Å². The second-order valence-electron chi connectivity index (χ2n) is 9.86. The largest absolute Gasteiger partial charge is 0.497 e. The summed E-state index contributed by atoms with van der Waals surface area (Å²) in [6.07, 6.45) is 4.16. The fourth-order valence-electron chi connectivity index (χ4n) is 5.15. The SMILES string of the molecule is COc1ccc2c(c1)c(NC(C)=O)c1n2CC(C)(C(=O)NC2CCCC2)N(CCN(C)C)C1=O. The fraction of sp³-hybridized carbons (Fsp3) is 0.560. The van der Waals surface area contributed by atoms with Crippen LogP contribution in [0.2, 0.25) is 0 Å². The molecule has 1 atom stereocenters. The zero-order valence-corrected chi connectivity index (χ0v) is 20.7. The van der Waals surface area contributed by atoms with Gasteiger partial charge in [0.1, 0.15) is 17.0 Å². The van der Waals surface area contributed by atoms with E-state index in [2.05, 4.69) is 10.6 Å². The lowest BCUT2D eigenvalue weighted by Gasteiger charge is -2.45. The van der Waals surface area contributed by atoms with Gasteiger partial charge in [-0.05, 0) is 52.1 Å². The molecule has 9 nitrogen and oxygen atoms in total. The number of amides is 3. The quantitative estimate of drug-likeness (QED) is 0.650. The maximum atomic E-state index is 14.0. The first kappa shape index (κ1) is 24.1. The van der Waals surface area contributed by atoms with Crippen LogP contribution >= 0.6 is 0 Å². The Bertz CT molecular complexity index is 1120. The predicted molar refractivity (Wildman–Crippen MR) is 131 cm³/mol. The number of nitrogens with zero attached hydrogens (tertiary/aromatic N) is 3. The first-order valence-electron chi connectivity index (χ1n) is 11.9. The first-order chi connectivity index (χ1) is 16.2. The van der Waals surface area contributed by atoms with Gasteiger partial charge in [0.15, 0.2) is 0 Å². The van der Waals surface area contributed by atoms with Gasteiger partial charge in [-0.25, -0.2) is 0 Å². The Morgan fingerprint density at radius 1 is 1.24 bits per heavy atom. The third-order valence-corrected chi connectivity index (χ3v) is 7.03. The van der Waals surface area contributed by atoms with E-state index in [1.165, 1.54) is 6.92 Å². The number of methoxy groups -OCH3 is 1. The van der Waals surface area contributed by atoms with Crippen molar-refractivity contribution < 1.29 is 19.1 Å². The van der Waals surface area contributed by atoms with Gasteiger partial charge in [-0.2, -0.15) is 0 Å². The third-order valence-electron chi connectivity index (χ3n) is 7.03. The van der Waals surface area contributed by atoms with Crippen molar-refractivity contribution in [1.82, 2.24) is 19.7 Å². The molecule has 34 heavy (non-hydrogen) atoms. The molecule has 1 saturated carbocycles. The number of aromatic nitrogens is 1. The molecular weight excluding hydrogens is 434 g/mol. The summed E-state index contributed by atoms with van der Waals surface area (Å²) in [6.45, 7) is 4.57. The summed E-state index contributed by atoms with van der Waals surface area (Å²) in [5, 5.41) is 6.79. The van der Waals surface area contributed by atoms with Crippen molar-refractivity contribution in [2.75, 3.05) is 39.6 Å². The molecule has 1 aromatic carbocycles. The van der Waals surface area contributed by atoms with Crippen LogP contribution < -0.4 is 15.4 Å². The van der Waals surface area contributed by atoms with Gasteiger partial charge < -0.3 is 29.7 Å². The van der Waals surface area contributed by atoms with Crippen LogP contribution in [0.5, 0.6) is 5.75 Å². The smallest absolute Gasteiger partial charge is 0.273 e. The number of carbonyl (C=O) groups excluding carboxylic acids is 3. The first-order valence-corrected chi connectivity index (χ1v) is 11.9. The Kier molecular flexibility index (Phi) is 6.58. The van der Waals surface area contributed by atoms with Crippen LogP contribution in [0.3, 0.4) is 0 Å². The molecule has 2 heterocycles. The number of carbonyl (C=O) groups is 3. The van der Waals surface area contributed by atoms with E-state index in [4.69, 9.17) is 4.74 Å². The zero-order valence-electron chi connectivity index (χ0n) is 20.7. The van der Waals surface area contributed by atoms with E-state index < -0.39 is 5.54 Å². The van der Waals surface area contributed by atoms with E-state index in [0.29, 0.717) is 42.2 Å². The van der Waals surface area contributed by atoms with Crippen molar-refractivity contribution in [1.29, 1.82) is 0 Å². The minimum absolute atomic E-state index is 0.131. The van der Waals surface area contributed by atoms with Gasteiger partial charge >= 0.3 is 0 Å². The van der Waals surface area contributed by atoms with Crippen LogP contribution in [0, 0.1) is 0 Å². The number of anilines is 1. The number of ether oxygens (including phenoxy) is 1. The van der Waals surface area contributed by atoms with Crippen molar-refractivity contribution in [2.24, 2.45) is 0 Å². The zero-order chi connectivity index (χ0) is 24.6. The highest BCUT2D eigenvalue weighted by molar-refractivity contribution is 6.14. The number of rotatable bonds is 7. The molecular formula is C25H35N5O4. The van der Waals surface area contributed by atoms with E-state index in [-0.39, 0.29) is 23.8 Å².